The monoisotopic (exact) mass is 422 g/mol. The molecule has 2 heterocycles. The molecule has 0 fully saturated rings. The highest BCUT2D eigenvalue weighted by Gasteiger charge is 2.33. The molecule has 7 heteroatoms. The Morgan fingerprint density at radius 2 is 1.90 bits per heavy atom. The highest BCUT2D eigenvalue weighted by Crippen LogP contribution is 2.30. The summed E-state index contributed by atoms with van der Waals surface area (Å²) in [6.07, 6.45) is 1.80. The van der Waals surface area contributed by atoms with Crippen LogP contribution in [0.15, 0.2) is 75.7 Å². The van der Waals surface area contributed by atoms with Crippen molar-refractivity contribution < 1.29 is 13.9 Å². The molecule has 30 heavy (non-hydrogen) atoms. The van der Waals surface area contributed by atoms with Gasteiger partial charge in [0.05, 0.1) is 28.5 Å². The van der Waals surface area contributed by atoms with E-state index in [1.807, 2.05) is 30.3 Å². The maximum atomic E-state index is 13.5. The van der Waals surface area contributed by atoms with Gasteiger partial charge in [-0.2, -0.15) is 0 Å². The van der Waals surface area contributed by atoms with Crippen LogP contribution in [0.1, 0.15) is 31.0 Å². The highest BCUT2D eigenvalue weighted by molar-refractivity contribution is 7.07. The van der Waals surface area contributed by atoms with E-state index in [0.29, 0.717) is 20.6 Å². The molecule has 0 saturated heterocycles. The largest absolute Gasteiger partial charge is 0.463 e. The number of esters is 1. The molecule has 0 spiro atoms. The van der Waals surface area contributed by atoms with E-state index in [0.717, 1.165) is 5.56 Å². The lowest BCUT2D eigenvalue weighted by Gasteiger charge is -2.24. The molecule has 0 saturated carbocycles. The second-order valence-electron chi connectivity index (χ2n) is 6.76. The normalized spacial score (nSPS) is 16.2. The van der Waals surface area contributed by atoms with Crippen molar-refractivity contribution in [3.8, 4) is 0 Å². The summed E-state index contributed by atoms with van der Waals surface area (Å²) in [4.78, 5) is 31.1. The van der Waals surface area contributed by atoms with Gasteiger partial charge in [-0.1, -0.05) is 53.8 Å². The lowest BCUT2D eigenvalue weighted by Crippen LogP contribution is -2.39. The summed E-state index contributed by atoms with van der Waals surface area (Å²) in [5.74, 6) is -0.931. The van der Waals surface area contributed by atoms with Crippen LogP contribution in [0, 0.1) is 5.82 Å². The average molecular weight is 422 g/mol. The van der Waals surface area contributed by atoms with Crippen LogP contribution < -0.4 is 14.9 Å². The SMILES string of the molecule is CCOC(=O)C1=C(C)N=c2s/c(=C\c3ccccc3)c(=O)n2[C@H]1c1ccc(F)cc1. The molecular weight excluding hydrogens is 403 g/mol. The summed E-state index contributed by atoms with van der Waals surface area (Å²) in [6, 6.07) is 14.6. The van der Waals surface area contributed by atoms with Crippen molar-refractivity contribution >= 4 is 23.4 Å². The number of nitrogens with zero attached hydrogens (tertiary/aromatic N) is 2. The molecular formula is C23H19FN2O3S. The molecule has 0 unspecified atom stereocenters. The van der Waals surface area contributed by atoms with Crippen molar-refractivity contribution in [2.75, 3.05) is 6.61 Å². The number of rotatable bonds is 4. The third-order valence-electron chi connectivity index (χ3n) is 4.80. The minimum absolute atomic E-state index is 0.199. The number of thiazole rings is 1. The molecule has 0 N–H and O–H groups in total. The summed E-state index contributed by atoms with van der Waals surface area (Å²) in [6.45, 7) is 3.64. The standard InChI is InChI=1S/C23H19FN2O3S/c1-3-29-22(28)19-14(2)25-23-26(20(19)16-9-11-17(24)12-10-16)21(27)18(30-23)13-15-7-5-4-6-8-15/h4-13,20H,3H2,1-2H3/b18-13-/t20-/m0/s1. The van der Waals surface area contributed by atoms with Crippen molar-refractivity contribution in [3.63, 3.8) is 0 Å². The minimum atomic E-state index is -0.737. The number of carbonyl (C=O) groups excluding carboxylic acids is 1. The second kappa shape index (κ2) is 8.20. The first-order valence-electron chi connectivity index (χ1n) is 9.49. The van der Waals surface area contributed by atoms with Crippen molar-refractivity contribution in [1.82, 2.24) is 4.57 Å². The van der Waals surface area contributed by atoms with Gasteiger partial charge in [0.1, 0.15) is 5.82 Å². The maximum Gasteiger partial charge on any atom is 0.338 e. The van der Waals surface area contributed by atoms with E-state index in [1.54, 1.807) is 32.1 Å². The number of benzene rings is 2. The van der Waals surface area contributed by atoms with Crippen LogP contribution in [-0.4, -0.2) is 17.1 Å². The smallest absolute Gasteiger partial charge is 0.338 e. The zero-order chi connectivity index (χ0) is 21.3. The zero-order valence-corrected chi connectivity index (χ0v) is 17.3. The number of halogens is 1. The lowest BCUT2D eigenvalue weighted by molar-refractivity contribution is -0.139. The van der Waals surface area contributed by atoms with Gasteiger partial charge in [0.15, 0.2) is 4.80 Å². The summed E-state index contributed by atoms with van der Waals surface area (Å²) >= 11 is 1.26. The summed E-state index contributed by atoms with van der Waals surface area (Å²) < 4.78 is 20.8. The summed E-state index contributed by atoms with van der Waals surface area (Å²) in [5, 5.41) is 0. The third-order valence-corrected chi connectivity index (χ3v) is 5.78. The Hall–Kier alpha value is -3.32. The number of fused-ring (bicyclic) bond motifs is 1. The predicted octanol–water partition coefficient (Wildman–Crippen LogP) is 2.94. The molecule has 1 aromatic heterocycles. The van der Waals surface area contributed by atoms with Crippen LogP contribution in [0.2, 0.25) is 0 Å². The van der Waals surface area contributed by atoms with E-state index in [1.165, 1.54) is 28.0 Å². The summed E-state index contributed by atoms with van der Waals surface area (Å²) in [7, 11) is 0. The Morgan fingerprint density at radius 3 is 2.57 bits per heavy atom. The van der Waals surface area contributed by atoms with Crippen molar-refractivity contribution in [2.24, 2.45) is 4.99 Å². The Balaban J connectivity index is 1.96. The van der Waals surface area contributed by atoms with Crippen LogP contribution in [0.25, 0.3) is 6.08 Å². The van der Waals surface area contributed by atoms with Gasteiger partial charge in [0, 0.05) is 0 Å². The quantitative estimate of drug-likeness (QED) is 0.608. The van der Waals surface area contributed by atoms with Crippen LogP contribution >= 0.6 is 11.3 Å². The molecule has 0 bridgehead atoms. The number of hydrogen-bond acceptors (Lipinski definition) is 5. The number of ether oxygens (including phenoxy) is 1. The van der Waals surface area contributed by atoms with Gasteiger partial charge >= 0.3 is 5.97 Å². The Kier molecular flexibility index (Phi) is 5.46. The molecule has 0 amide bonds. The molecule has 1 aliphatic heterocycles. The molecule has 1 atom stereocenters. The maximum absolute atomic E-state index is 13.5. The van der Waals surface area contributed by atoms with Crippen LogP contribution in [0.3, 0.4) is 0 Å². The number of aromatic nitrogens is 1. The molecule has 1 aliphatic rings. The Morgan fingerprint density at radius 1 is 1.20 bits per heavy atom. The highest BCUT2D eigenvalue weighted by atomic mass is 32.1. The molecule has 0 radical (unpaired) electrons. The van der Waals surface area contributed by atoms with Crippen molar-refractivity contribution in [1.29, 1.82) is 0 Å². The third kappa shape index (κ3) is 3.64. The van der Waals surface area contributed by atoms with E-state index in [4.69, 9.17) is 4.74 Å². The molecule has 5 nitrogen and oxygen atoms in total. The molecule has 152 valence electrons. The Labute approximate surface area is 176 Å². The molecule has 4 rings (SSSR count). The van der Waals surface area contributed by atoms with Crippen LogP contribution in [0.4, 0.5) is 4.39 Å². The van der Waals surface area contributed by atoms with Gasteiger partial charge in [-0.05, 0) is 43.2 Å². The van der Waals surface area contributed by atoms with Gasteiger partial charge in [-0.15, -0.1) is 0 Å². The topological polar surface area (TPSA) is 60.7 Å². The fourth-order valence-corrected chi connectivity index (χ4v) is 4.50. The van der Waals surface area contributed by atoms with E-state index < -0.39 is 17.8 Å². The zero-order valence-electron chi connectivity index (χ0n) is 16.5. The number of hydrogen-bond donors (Lipinski definition) is 0. The molecule has 0 aliphatic carbocycles. The second-order valence-corrected chi connectivity index (χ2v) is 7.77. The predicted molar refractivity (Wildman–Crippen MR) is 113 cm³/mol. The number of carbonyl (C=O) groups is 1. The first kappa shape index (κ1) is 20.0. The van der Waals surface area contributed by atoms with Crippen molar-refractivity contribution in [2.45, 2.75) is 19.9 Å². The Bertz CT molecular complexity index is 1310. The van der Waals surface area contributed by atoms with E-state index >= 15 is 0 Å². The first-order valence-corrected chi connectivity index (χ1v) is 10.3. The first-order chi connectivity index (χ1) is 14.5. The van der Waals surface area contributed by atoms with Crippen LogP contribution in [-0.2, 0) is 9.53 Å². The summed E-state index contributed by atoms with van der Waals surface area (Å²) in [5.41, 5.74) is 2.01. The number of allylic oxidation sites excluding steroid dienone is 1. The van der Waals surface area contributed by atoms with E-state index in [-0.39, 0.29) is 17.7 Å². The molecule has 3 aromatic rings. The fourth-order valence-electron chi connectivity index (χ4n) is 3.45. The van der Waals surface area contributed by atoms with Gasteiger partial charge in [-0.3, -0.25) is 9.36 Å². The van der Waals surface area contributed by atoms with Crippen molar-refractivity contribution in [3.05, 3.63) is 102 Å². The minimum Gasteiger partial charge on any atom is -0.463 e. The van der Waals surface area contributed by atoms with Gasteiger partial charge in [0.2, 0.25) is 0 Å². The average Bonchev–Trinajstić information content (AvgIpc) is 3.03. The molecule has 2 aromatic carbocycles. The lowest BCUT2D eigenvalue weighted by atomic mass is 9.96. The van der Waals surface area contributed by atoms with E-state index in [9.17, 15) is 14.0 Å². The van der Waals surface area contributed by atoms with E-state index in [2.05, 4.69) is 4.99 Å². The van der Waals surface area contributed by atoms with Gasteiger partial charge in [-0.25, -0.2) is 14.2 Å². The van der Waals surface area contributed by atoms with Gasteiger partial charge < -0.3 is 4.74 Å². The van der Waals surface area contributed by atoms with Gasteiger partial charge in [0.25, 0.3) is 5.56 Å². The fraction of sp³-hybridized carbons (Fsp3) is 0.174. The van der Waals surface area contributed by atoms with Crippen LogP contribution in [0.5, 0.6) is 0 Å².